The Morgan fingerprint density at radius 1 is 1.21 bits per heavy atom. The fraction of sp³-hybridized carbons (Fsp3) is 0.167. The molecule has 0 radical (unpaired) electrons. The molecule has 2 aromatic rings. The van der Waals surface area contributed by atoms with Crippen LogP contribution in [-0.4, -0.2) is 23.6 Å². The van der Waals surface area contributed by atoms with E-state index in [1.807, 2.05) is 36.4 Å². The molecule has 1 heterocycles. The van der Waals surface area contributed by atoms with Gasteiger partial charge in [0, 0.05) is 21.3 Å². The Morgan fingerprint density at radius 3 is 2.67 bits per heavy atom. The summed E-state index contributed by atoms with van der Waals surface area (Å²) in [6.45, 7) is 2.11. The van der Waals surface area contributed by atoms with E-state index in [2.05, 4.69) is 9.98 Å². The molecule has 122 valence electrons. The molecular weight excluding hydrogens is 347 g/mol. The lowest BCUT2D eigenvalue weighted by Crippen LogP contribution is -2.23. The number of benzene rings is 2. The topological polar surface area (TPSA) is 51.0 Å². The highest BCUT2D eigenvalue weighted by Gasteiger charge is 2.31. The fourth-order valence-electron chi connectivity index (χ4n) is 2.27. The Balaban J connectivity index is 1.77. The summed E-state index contributed by atoms with van der Waals surface area (Å²) in [7, 11) is 0. The summed E-state index contributed by atoms with van der Waals surface area (Å²) in [4.78, 5) is 20.8. The number of cyclic esters (lactones) is 1. The number of carbonyl (C=O) groups is 1. The zero-order valence-electron chi connectivity index (χ0n) is 12.9. The van der Waals surface area contributed by atoms with E-state index in [9.17, 15) is 4.79 Å². The van der Waals surface area contributed by atoms with Gasteiger partial charge in [-0.1, -0.05) is 47.5 Å². The third kappa shape index (κ3) is 3.66. The van der Waals surface area contributed by atoms with Crippen LogP contribution in [0.4, 0.5) is 0 Å². The monoisotopic (exact) mass is 360 g/mol. The van der Waals surface area contributed by atoms with Gasteiger partial charge in [0.15, 0.2) is 6.04 Å². The van der Waals surface area contributed by atoms with E-state index in [0.717, 1.165) is 11.1 Å². The van der Waals surface area contributed by atoms with Gasteiger partial charge in [0.05, 0.1) is 6.54 Å². The highest BCUT2D eigenvalue weighted by Crippen LogP contribution is 2.22. The predicted octanol–water partition coefficient (Wildman–Crippen LogP) is 4.33. The van der Waals surface area contributed by atoms with Crippen molar-refractivity contribution in [1.82, 2.24) is 0 Å². The minimum absolute atomic E-state index is 0.324. The Labute approximate surface area is 149 Å². The van der Waals surface area contributed by atoms with Gasteiger partial charge in [-0.3, -0.25) is 4.99 Å². The van der Waals surface area contributed by atoms with Crippen LogP contribution in [0.25, 0.3) is 0 Å². The van der Waals surface area contributed by atoms with Crippen molar-refractivity contribution >= 4 is 40.8 Å². The van der Waals surface area contributed by atoms with E-state index in [4.69, 9.17) is 27.9 Å². The lowest BCUT2D eigenvalue weighted by atomic mass is 10.2. The van der Waals surface area contributed by atoms with Crippen molar-refractivity contribution in [1.29, 1.82) is 0 Å². The summed E-state index contributed by atoms with van der Waals surface area (Å²) in [6.07, 6.45) is 0. The molecule has 0 N–H and O–H groups in total. The summed E-state index contributed by atoms with van der Waals surface area (Å²) >= 11 is 12.0. The molecule has 2 aromatic carbocycles. The van der Waals surface area contributed by atoms with E-state index in [0.29, 0.717) is 28.2 Å². The molecule has 0 amide bonds. The summed E-state index contributed by atoms with van der Waals surface area (Å²) in [5, 5.41) is 1.11. The van der Waals surface area contributed by atoms with Crippen LogP contribution in [0.15, 0.2) is 58.5 Å². The van der Waals surface area contributed by atoms with Crippen molar-refractivity contribution in [2.45, 2.75) is 19.5 Å². The predicted molar refractivity (Wildman–Crippen MR) is 96.1 cm³/mol. The first kappa shape index (κ1) is 16.7. The maximum Gasteiger partial charge on any atom is 0.343 e. The zero-order chi connectivity index (χ0) is 17.1. The number of halogens is 2. The molecule has 0 aromatic heterocycles. The van der Waals surface area contributed by atoms with Gasteiger partial charge in [-0.2, -0.15) is 0 Å². The van der Waals surface area contributed by atoms with Gasteiger partial charge < -0.3 is 4.74 Å². The van der Waals surface area contributed by atoms with Crippen molar-refractivity contribution < 1.29 is 9.53 Å². The Morgan fingerprint density at radius 2 is 1.96 bits per heavy atom. The molecule has 1 atom stereocenters. The normalized spacial score (nSPS) is 17.6. The second-order valence-electron chi connectivity index (χ2n) is 5.32. The minimum atomic E-state index is -0.716. The van der Waals surface area contributed by atoms with Gasteiger partial charge in [0.25, 0.3) is 0 Å². The van der Waals surface area contributed by atoms with E-state index in [-0.39, 0.29) is 0 Å². The first-order valence-corrected chi connectivity index (χ1v) is 8.10. The molecule has 1 unspecified atom stereocenters. The van der Waals surface area contributed by atoms with Crippen molar-refractivity contribution in [2.75, 3.05) is 0 Å². The number of esters is 1. The Bertz CT molecular complexity index is 832. The third-order valence-corrected chi connectivity index (χ3v) is 4.18. The van der Waals surface area contributed by atoms with Gasteiger partial charge in [0.1, 0.15) is 0 Å². The van der Waals surface area contributed by atoms with Crippen LogP contribution < -0.4 is 0 Å². The second-order valence-corrected chi connectivity index (χ2v) is 6.16. The first-order valence-electron chi connectivity index (χ1n) is 7.34. The number of aliphatic imine (C=N–C) groups is 2. The van der Waals surface area contributed by atoms with Gasteiger partial charge in [-0.05, 0) is 36.8 Å². The van der Waals surface area contributed by atoms with Crippen LogP contribution in [0.1, 0.15) is 18.1 Å². The van der Waals surface area contributed by atoms with Crippen molar-refractivity contribution in [3.8, 4) is 0 Å². The minimum Gasteiger partial charge on any atom is -0.405 e. The molecule has 6 heteroatoms. The molecule has 4 nitrogen and oxygen atoms in total. The Hall–Kier alpha value is -2.17. The number of nitrogens with zero attached hydrogens (tertiary/aromatic N) is 2. The van der Waals surface area contributed by atoms with E-state index >= 15 is 0 Å². The lowest BCUT2D eigenvalue weighted by Gasteiger charge is -2.05. The molecule has 0 aliphatic carbocycles. The largest absolute Gasteiger partial charge is 0.405 e. The number of hydrogen-bond acceptors (Lipinski definition) is 4. The zero-order valence-corrected chi connectivity index (χ0v) is 14.4. The number of hydrogen-bond donors (Lipinski definition) is 0. The highest BCUT2D eigenvalue weighted by molar-refractivity contribution is 6.35. The molecule has 1 aliphatic heterocycles. The van der Waals surface area contributed by atoms with Crippen LogP contribution >= 0.6 is 23.2 Å². The summed E-state index contributed by atoms with van der Waals surface area (Å²) in [6, 6.07) is 13.8. The SMILES string of the molecule is CC(=NCc1ccc(Cl)cc1Cl)C1N=C(c2ccccc2)OC1=O. The molecule has 0 fully saturated rings. The molecule has 24 heavy (non-hydrogen) atoms. The van der Waals surface area contributed by atoms with E-state index < -0.39 is 12.0 Å². The standard InChI is InChI=1S/C18H14Cl2N2O2/c1-11(21-10-13-7-8-14(19)9-15(13)20)16-18(23)24-17(22-16)12-5-3-2-4-6-12/h2-9,16H,10H2,1H3. The average Bonchev–Trinajstić information content (AvgIpc) is 2.96. The molecular formula is C18H14Cl2N2O2. The summed E-state index contributed by atoms with van der Waals surface area (Å²) < 4.78 is 5.26. The van der Waals surface area contributed by atoms with Crippen LogP contribution in [0.3, 0.4) is 0 Å². The smallest absolute Gasteiger partial charge is 0.343 e. The maximum absolute atomic E-state index is 12.1. The molecule has 0 saturated heterocycles. The highest BCUT2D eigenvalue weighted by atomic mass is 35.5. The number of carbonyl (C=O) groups excluding carboxylic acids is 1. The van der Waals surface area contributed by atoms with Gasteiger partial charge in [0.2, 0.25) is 5.90 Å². The van der Waals surface area contributed by atoms with Crippen LogP contribution in [0.5, 0.6) is 0 Å². The van der Waals surface area contributed by atoms with Crippen molar-refractivity contribution in [3.63, 3.8) is 0 Å². The average molecular weight is 361 g/mol. The molecule has 1 aliphatic rings. The Kier molecular flexibility index (Phi) is 4.97. The quantitative estimate of drug-likeness (QED) is 0.601. The second kappa shape index (κ2) is 7.16. The summed E-state index contributed by atoms with van der Waals surface area (Å²) in [5.41, 5.74) is 2.18. The van der Waals surface area contributed by atoms with Gasteiger partial charge in [-0.25, -0.2) is 9.79 Å². The van der Waals surface area contributed by atoms with Gasteiger partial charge >= 0.3 is 5.97 Å². The maximum atomic E-state index is 12.1. The molecule has 0 bridgehead atoms. The van der Waals surface area contributed by atoms with Crippen LogP contribution in [0.2, 0.25) is 10.0 Å². The van der Waals surface area contributed by atoms with Crippen molar-refractivity contribution in [2.24, 2.45) is 9.98 Å². The van der Waals surface area contributed by atoms with E-state index in [1.54, 1.807) is 19.1 Å². The van der Waals surface area contributed by atoms with Crippen LogP contribution in [0, 0.1) is 0 Å². The molecule has 3 rings (SSSR count). The third-order valence-electron chi connectivity index (χ3n) is 3.60. The fourth-order valence-corrected chi connectivity index (χ4v) is 2.74. The van der Waals surface area contributed by atoms with Crippen LogP contribution in [-0.2, 0) is 16.1 Å². The lowest BCUT2D eigenvalue weighted by molar-refractivity contribution is -0.133. The van der Waals surface area contributed by atoms with Gasteiger partial charge in [-0.15, -0.1) is 0 Å². The molecule has 0 saturated carbocycles. The van der Waals surface area contributed by atoms with Crippen molar-refractivity contribution in [3.05, 3.63) is 69.7 Å². The number of ether oxygens (including phenoxy) is 1. The molecule has 0 spiro atoms. The first-order chi connectivity index (χ1) is 11.5. The summed E-state index contributed by atoms with van der Waals surface area (Å²) in [5.74, 6) is -0.0954. The van der Waals surface area contributed by atoms with E-state index in [1.165, 1.54) is 0 Å². The number of rotatable bonds is 4.